The maximum atomic E-state index is 5.34. The van der Waals surface area contributed by atoms with Crippen molar-refractivity contribution in [3.05, 3.63) is 217 Å². The fourth-order valence-electron chi connectivity index (χ4n) is 9.33. The van der Waals surface area contributed by atoms with Gasteiger partial charge in [0.05, 0.1) is 11.4 Å². The molecule has 1 aliphatic carbocycles. The summed E-state index contributed by atoms with van der Waals surface area (Å²) in [5, 5.41) is 4.93. The van der Waals surface area contributed by atoms with E-state index in [2.05, 4.69) is 214 Å². The van der Waals surface area contributed by atoms with Gasteiger partial charge in [-0.2, -0.15) is 0 Å². The first-order valence-corrected chi connectivity index (χ1v) is 20.4. The lowest BCUT2D eigenvalue weighted by Gasteiger charge is -2.24. The molecule has 0 fully saturated rings. The Labute approximate surface area is 345 Å². The number of fused-ring (bicyclic) bond motifs is 6. The van der Waals surface area contributed by atoms with E-state index in [1.54, 1.807) is 0 Å². The van der Waals surface area contributed by atoms with Crippen molar-refractivity contribution in [1.29, 1.82) is 0 Å². The third-order valence-corrected chi connectivity index (χ3v) is 12.3. The van der Waals surface area contributed by atoms with Crippen LogP contribution in [0.3, 0.4) is 0 Å². The second kappa shape index (κ2) is 13.9. The lowest BCUT2D eigenvalue weighted by molar-refractivity contribution is 0.666. The zero-order valence-electron chi connectivity index (χ0n) is 33.0. The summed E-state index contributed by atoms with van der Waals surface area (Å²) in [6, 6.07) is 74.2. The fourth-order valence-corrected chi connectivity index (χ4v) is 9.33. The van der Waals surface area contributed by atoms with Crippen LogP contribution in [0.15, 0.2) is 206 Å². The average molecular weight is 753 g/mol. The molecule has 0 N–H and O–H groups in total. The van der Waals surface area contributed by atoms with Crippen molar-refractivity contribution in [3.63, 3.8) is 0 Å². The fraction of sp³-hybridized carbons (Fsp3) is 0.0526. The highest BCUT2D eigenvalue weighted by Crippen LogP contribution is 2.52. The first kappa shape index (κ1) is 34.8. The summed E-state index contributed by atoms with van der Waals surface area (Å²) in [5.74, 6) is 0.708. The maximum Gasteiger partial charge on any atom is 0.161 e. The molecule has 0 radical (unpaired) electrons. The predicted octanol–water partition coefficient (Wildman–Crippen LogP) is 15.1. The molecule has 278 valence electrons. The third kappa shape index (κ3) is 5.96. The molecule has 59 heavy (non-hydrogen) atoms. The molecule has 10 aromatic rings. The molecular weight excluding hydrogens is 713 g/mol. The van der Waals surface area contributed by atoms with Crippen molar-refractivity contribution in [2.45, 2.75) is 19.3 Å². The van der Waals surface area contributed by atoms with Gasteiger partial charge in [0.25, 0.3) is 0 Å². The molecule has 0 aliphatic heterocycles. The first-order chi connectivity index (χ1) is 29.0. The number of hydrogen-bond donors (Lipinski definition) is 0. The highest BCUT2D eigenvalue weighted by atomic mass is 14.9. The molecule has 0 saturated carbocycles. The molecule has 0 saturated heterocycles. The molecule has 0 spiro atoms. The monoisotopic (exact) mass is 752 g/mol. The van der Waals surface area contributed by atoms with E-state index in [1.807, 2.05) is 6.07 Å². The van der Waals surface area contributed by atoms with Crippen molar-refractivity contribution in [2.75, 3.05) is 0 Å². The van der Waals surface area contributed by atoms with Crippen molar-refractivity contribution < 1.29 is 0 Å². The van der Waals surface area contributed by atoms with Gasteiger partial charge in [-0.3, -0.25) is 0 Å². The van der Waals surface area contributed by atoms with E-state index in [1.165, 1.54) is 60.7 Å². The Morgan fingerprint density at radius 1 is 0.322 bits per heavy atom. The Kier molecular flexibility index (Phi) is 8.20. The van der Waals surface area contributed by atoms with Crippen LogP contribution in [0.1, 0.15) is 25.0 Å². The van der Waals surface area contributed by atoms with Gasteiger partial charge in [0.2, 0.25) is 0 Å². The molecule has 9 aromatic carbocycles. The SMILES string of the molecule is CC1(C)c2cc(-c3ccc(-c4nc(-c5ccccc5)cc(-c5cccc(-c6ccc(-c7ccccc7)cc6)c5)n4)c4ccccc34)ccc2-c2ccc3ccccc3c21. The quantitative estimate of drug-likeness (QED) is 0.169. The lowest BCUT2D eigenvalue weighted by atomic mass is 9.79. The van der Waals surface area contributed by atoms with Gasteiger partial charge in [0, 0.05) is 22.1 Å². The zero-order valence-corrected chi connectivity index (χ0v) is 33.0. The number of aromatic nitrogens is 2. The molecule has 1 heterocycles. The van der Waals surface area contributed by atoms with E-state index in [0.29, 0.717) is 5.82 Å². The van der Waals surface area contributed by atoms with E-state index in [4.69, 9.17) is 9.97 Å². The van der Waals surface area contributed by atoms with Gasteiger partial charge < -0.3 is 0 Å². The van der Waals surface area contributed by atoms with Gasteiger partial charge in [-0.15, -0.1) is 0 Å². The van der Waals surface area contributed by atoms with E-state index in [0.717, 1.165) is 44.6 Å². The van der Waals surface area contributed by atoms with Crippen LogP contribution < -0.4 is 0 Å². The van der Waals surface area contributed by atoms with Crippen LogP contribution in [0.4, 0.5) is 0 Å². The minimum atomic E-state index is -0.137. The highest BCUT2D eigenvalue weighted by molar-refractivity contribution is 6.05. The molecule has 11 rings (SSSR count). The molecule has 0 bridgehead atoms. The van der Waals surface area contributed by atoms with Gasteiger partial charge >= 0.3 is 0 Å². The van der Waals surface area contributed by atoms with E-state index in [-0.39, 0.29) is 5.41 Å². The average Bonchev–Trinajstić information content (AvgIpc) is 3.54. The normalized spacial score (nSPS) is 12.7. The number of benzene rings is 9. The molecule has 0 amide bonds. The molecule has 1 aromatic heterocycles. The topological polar surface area (TPSA) is 25.8 Å². The number of rotatable bonds is 6. The summed E-state index contributed by atoms with van der Waals surface area (Å²) in [6.07, 6.45) is 0. The Bertz CT molecular complexity index is 3220. The molecule has 1 aliphatic rings. The second-order valence-corrected chi connectivity index (χ2v) is 16.2. The summed E-state index contributed by atoms with van der Waals surface area (Å²) in [5.41, 5.74) is 17.4. The summed E-state index contributed by atoms with van der Waals surface area (Å²) in [4.78, 5) is 10.6. The van der Waals surface area contributed by atoms with E-state index < -0.39 is 0 Å². The Hall–Kier alpha value is -7.42. The Morgan fingerprint density at radius 3 is 1.58 bits per heavy atom. The Morgan fingerprint density at radius 2 is 0.831 bits per heavy atom. The summed E-state index contributed by atoms with van der Waals surface area (Å²) in [7, 11) is 0. The van der Waals surface area contributed by atoms with Gasteiger partial charge in [0.1, 0.15) is 0 Å². The van der Waals surface area contributed by atoms with Crippen LogP contribution in [0, 0.1) is 0 Å². The molecule has 2 heteroatoms. The Balaban J connectivity index is 1.01. The van der Waals surface area contributed by atoms with Gasteiger partial charge in [0.15, 0.2) is 5.82 Å². The number of nitrogens with zero attached hydrogens (tertiary/aromatic N) is 2. The predicted molar refractivity (Wildman–Crippen MR) is 247 cm³/mol. The van der Waals surface area contributed by atoms with E-state index in [9.17, 15) is 0 Å². The summed E-state index contributed by atoms with van der Waals surface area (Å²) < 4.78 is 0. The third-order valence-electron chi connectivity index (χ3n) is 12.3. The molecule has 0 unspecified atom stereocenters. The first-order valence-electron chi connectivity index (χ1n) is 20.4. The van der Waals surface area contributed by atoms with Crippen LogP contribution in [0.5, 0.6) is 0 Å². The highest BCUT2D eigenvalue weighted by Gasteiger charge is 2.37. The van der Waals surface area contributed by atoms with Gasteiger partial charge in [-0.1, -0.05) is 196 Å². The van der Waals surface area contributed by atoms with Crippen LogP contribution in [-0.2, 0) is 5.41 Å². The standard InChI is InChI=1S/C57H40N2/c1-57(2)52-35-43(29-30-49(52)50-31-28-40-16-9-10-21-46(40)55(50)57)45-32-33-51(48-23-12-11-22-47(45)48)56-58-53(41-17-7-4-8-18-41)36-54(59-56)44-20-13-19-42(34-44)39-26-24-38(25-27-39)37-14-5-3-6-15-37/h3-36H,1-2H3. The van der Waals surface area contributed by atoms with Crippen molar-refractivity contribution in [2.24, 2.45) is 0 Å². The van der Waals surface area contributed by atoms with Crippen LogP contribution in [0.25, 0.3) is 100.0 Å². The minimum Gasteiger partial charge on any atom is -0.228 e. The summed E-state index contributed by atoms with van der Waals surface area (Å²) >= 11 is 0. The van der Waals surface area contributed by atoms with Gasteiger partial charge in [-0.25, -0.2) is 9.97 Å². The van der Waals surface area contributed by atoms with Crippen LogP contribution in [0.2, 0.25) is 0 Å². The van der Waals surface area contributed by atoms with Crippen molar-refractivity contribution in [3.8, 4) is 78.4 Å². The van der Waals surface area contributed by atoms with Crippen molar-refractivity contribution >= 4 is 21.5 Å². The van der Waals surface area contributed by atoms with Crippen LogP contribution >= 0.6 is 0 Å². The zero-order chi connectivity index (χ0) is 39.5. The molecule has 2 nitrogen and oxygen atoms in total. The van der Waals surface area contributed by atoms with E-state index >= 15 is 0 Å². The van der Waals surface area contributed by atoms with Crippen LogP contribution in [-0.4, -0.2) is 9.97 Å². The molecular formula is C57H40N2. The summed E-state index contributed by atoms with van der Waals surface area (Å²) in [6.45, 7) is 4.75. The largest absolute Gasteiger partial charge is 0.228 e. The minimum absolute atomic E-state index is 0.137. The maximum absolute atomic E-state index is 5.34. The second-order valence-electron chi connectivity index (χ2n) is 16.2. The smallest absolute Gasteiger partial charge is 0.161 e. The van der Waals surface area contributed by atoms with Gasteiger partial charge in [-0.05, 0) is 101 Å². The van der Waals surface area contributed by atoms with Crippen molar-refractivity contribution in [1.82, 2.24) is 9.97 Å². The number of hydrogen-bond acceptors (Lipinski definition) is 2. The lowest BCUT2D eigenvalue weighted by Crippen LogP contribution is -2.15. The molecule has 0 atom stereocenters.